The molecule has 0 aromatic carbocycles. The van der Waals surface area contributed by atoms with E-state index in [2.05, 4.69) is 0 Å². The molecule has 84 valence electrons. The number of ether oxygens (including phenoxy) is 2. The minimum atomic E-state index is -0.512. The van der Waals surface area contributed by atoms with Crippen molar-refractivity contribution in [3.63, 3.8) is 0 Å². The highest BCUT2D eigenvalue weighted by Crippen LogP contribution is 2.06. The molecule has 0 saturated heterocycles. The Labute approximate surface area is 85.8 Å². The van der Waals surface area contributed by atoms with Gasteiger partial charge < -0.3 is 15.2 Å². The van der Waals surface area contributed by atoms with Crippen molar-refractivity contribution >= 4 is 5.97 Å². The van der Waals surface area contributed by atoms with Gasteiger partial charge in [0, 0.05) is 6.61 Å². The molecular weight excluding hydrogens is 182 g/mol. The zero-order chi connectivity index (χ0) is 11.0. The predicted molar refractivity (Wildman–Crippen MR) is 54.9 cm³/mol. The summed E-state index contributed by atoms with van der Waals surface area (Å²) >= 11 is 0. The number of rotatable bonds is 7. The van der Waals surface area contributed by atoms with Gasteiger partial charge in [-0.1, -0.05) is 20.3 Å². The molecule has 4 nitrogen and oxygen atoms in total. The molecule has 0 bridgehead atoms. The lowest BCUT2D eigenvalue weighted by Gasteiger charge is -2.16. The lowest BCUT2D eigenvalue weighted by molar-refractivity contribution is -0.148. The molecule has 0 aliphatic carbocycles. The molecule has 0 spiro atoms. The van der Waals surface area contributed by atoms with Crippen molar-refractivity contribution in [1.29, 1.82) is 0 Å². The third kappa shape index (κ3) is 5.19. The van der Waals surface area contributed by atoms with E-state index in [9.17, 15) is 4.79 Å². The number of nitrogens with two attached hydrogens (primary N) is 1. The van der Waals surface area contributed by atoms with Gasteiger partial charge in [-0.25, -0.2) is 0 Å². The Bertz CT molecular complexity index is 161. The topological polar surface area (TPSA) is 61.5 Å². The fourth-order valence-electron chi connectivity index (χ4n) is 0.928. The smallest absolute Gasteiger partial charge is 0.323 e. The maximum absolute atomic E-state index is 11.3. The predicted octanol–water partition coefficient (Wildman–Crippen LogP) is 0.939. The van der Waals surface area contributed by atoms with Gasteiger partial charge in [0.1, 0.15) is 12.6 Å². The number of esters is 1. The molecule has 0 amide bonds. The maximum Gasteiger partial charge on any atom is 0.323 e. The third-order valence-corrected chi connectivity index (χ3v) is 2.21. The average Bonchev–Trinajstić information content (AvgIpc) is 2.21. The first-order valence-electron chi connectivity index (χ1n) is 5.13. The second kappa shape index (κ2) is 7.76. The summed E-state index contributed by atoms with van der Waals surface area (Å²) in [7, 11) is 0. The fraction of sp³-hybridized carbons (Fsp3) is 0.900. The van der Waals surface area contributed by atoms with Crippen LogP contribution in [-0.2, 0) is 14.3 Å². The third-order valence-electron chi connectivity index (χ3n) is 2.21. The van der Waals surface area contributed by atoms with E-state index in [1.807, 2.05) is 20.8 Å². The van der Waals surface area contributed by atoms with Crippen LogP contribution in [0.3, 0.4) is 0 Å². The minimum Gasteiger partial charge on any atom is -0.462 e. The van der Waals surface area contributed by atoms with Gasteiger partial charge in [-0.05, 0) is 12.8 Å². The van der Waals surface area contributed by atoms with Crippen LogP contribution in [0.25, 0.3) is 0 Å². The van der Waals surface area contributed by atoms with Crippen LogP contribution in [0.5, 0.6) is 0 Å². The van der Waals surface area contributed by atoms with E-state index < -0.39 is 6.04 Å². The second-order valence-corrected chi connectivity index (χ2v) is 3.28. The molecule has 0 radical (unpaired) electrons. The Balaban J connectivity index is 3.62. The van der Waals surface area contributed by atoms with Gasteiger partial charge in [-0.2, -0.15) is 0 Å². The van der Waals surface area contributed by atoms with E-state index in [0.29, 0.717) is 13.2 Å². The van der Waals surface area contributed by atoms with Crippen molar-refractivity contribution in [3.05, 3.63) is 0 Å². The van der Waals surface area contributed by atoms with Gasteiger partial charge in [0.05, 0.1) is 6.61 Å². The van der Waals surface area contributed by atoms with Crippen molar-refractivity contribution in [2.75, 3.05) is 19.8 Å². The SMILES string of the molecule is CCOCCOC(=O)C(N)C(C)CC. The van der Waals surface area contributed by atoms with E-state index in [1.54, 1.807) is 0 Å². The van der Waals surface area contributed by atoms with E-state index >= 15 is 0 Å². The van der Waals surface area contributed by atoms with Crippen LogP contribution in [0.1, 0.15) is 27.2 Å². The highest BCUT2D eigenvalue weighted by molar-refractivity contribution is 5.75. The van der Waals surface area contributed by atoms with E-state index in [0.717, 1.165) is 6.42 Å². The monoisotopic (exact) mass is 203 g/mol. The zero-order valence-corrected chi connectivity index (χ0v) is 9.29. The van der Waals surface area contributed by atoms with Crippen molar-refractivity contribution in [2.24, 2.45) is 11.7 Å². The maximum atomic E-state index is 11.3. The Morgan fingerprint density at radius 1 is 1.36 bits per heavy atom. The Kier molecular flexibility index (Phi) is 7.42. The fourth-order valence-corrected chi connectivity index (χ4v) is 0.928. The number of carbonyl (C=O) groups excluding carboxylic acids is 1. The number of carbonyl (C=O) groups is 1. The Morgan fingerprint density at radius 2 is 2.00 bits per heavy atom. The number of hydrogen-bond donors (Lipinski definition) is 1. The normalized spacial score (nSPS) is 14.9. The summed E-state index contributed by atoms with van der Waals surface area (Å²) in [4.78, 5) is 11.3. The molecule has 2 N–H and O–H groups in total. The molecule has 0 saturated carbocycles. The van der Waals surface area contributed by atoms with Gasteiger partial charge in [0.25, 0.3) is 0 Å². The summed E-state index contributed by atoms with van der Waals surface area (Å²) in [6.07, 6.45) is 0.877. The van der Waals surface area contributed by atoms with Gasteiger partial charge in [-0.3, -0.25) is 4.79 Å². The van der Waals surface area contributed by atoms with Crippen molar-refractivity contribution in [1.82, 2.24) is 0 Å². The zero-order valence-electron chi connectivity index (χ0n) is 9.29. The van der Waals surface area contributed by atoms with E-state index in [-0.39, 0.29) is 18.5 Å². The molecular formula is C10H21NO3. The second-order valence-electron chi connectivity index (χ2n) is 3.28. The first-order valence-corrected chi connectivity index (χ1v) is 5.13. The summed E-state index contributed by atoms with van der Waals surface area (Å²) in [5.74, 6) is -0.173. The highest BCUT2D eigenvalue weighted by Gasteiger charge is 2.20. The highest BCUT2D eigenvalue weighted by atomic mass is 16.6. The van der Waals surface area contributed by atoms with Crippen LogP contribution in [0.4, 0.5) is 0 Å². The molecule has 2 unspecified atom stereocenters. The van der Waals surface area contributed by atoms with Crippen molar-refractivity contribution < 1.29 is 14.3 Å². The summed E-state index contributed by atoms with van der Waals surface area (Å²) in [5, 5.41) is 0. The minimum absolute atomic E-state index is 0.162. The summed E-state index contributed by atoms with van der Waals surface area (Å²) in [5.41, 5.74) is 5.67. The van der Waals surface area contributed by atoms with E-state index in [4.69, 9.17) is 15.2 Å². The van der Waals surface area contributed by atoms with Crippen LogP contribution in [0.2, 0.25) is 0 Å². The first-order chi connectivity index (χ1) is 6.63. The largest absolute Gasteiger partial charge is 0.462 e. The lowest BCUT2D eigenvalue weighted by atomic mass is 10.0. The summed E-state index contributed by atoms with van der Waals surface area (Å²) in [6, 6.07) is -0.512. The molecule has 0 aliphatic rings. The van der Waals surface area contributed by atoms with Crippen molar-refractivity contribution in [3.8, 4) is 0 Å². The average molecular weight is 203 g/mol. The molecule has 0 aromatic heterocycles. The Morgan fingerprint density at radius 3 is 2.50 bits per heavy atom. The van der Waals surface area contributed by atoms with E-state index in [1.165, 1.54) is 0 Å². The molecule has 0 rings (SSSR count). The lowest BCUT2D eigenvalue weighted by Crippen LogP contribution is -2.38. The first kappa shape index (κ1) is 13.4. The summed E-state index contributed by atoms with van der Waals surface area (Å²) < 4.78 is 9.97. The van der Waals surface area contributed by atoms with Crippen LogP contribution in [0, 0.1) is 5.92 Å². The van der Waals surface area contributed by atoms with Crippen LogP contribution in [0.15, 0.2) is 0 Å². The van der Waals surface area contributed by atoms with Crippen LogP contribution in [-0.4, -0.2) is 31.8 Å². The molecule has 14 heavy (non-hydrogen) atoms. The number of hydrogen-bond acceptors (Lipinski definition) is 4. The quantitative estimate of drug-likeness (QED) is 0.494. The summed E-state index contributed by atoms with van der Waals surface area (Å²) in [6.45, 7) is 7.19. The van der Waals surface area contributed by atoms with Gasteiger partial charge in [0.15, 0.2) is 0 Å². The standard InChI is InChI=1S/C10H21NO3/c1-4-8(3)9(11)10(12)14-7-6-13-5-2/h8-9H,4-7,11H2,1-3H3. The van der Waals surface area contributed by atoms with Gasteiger partial charge in [0.2, 0.25) is 0 Å². The van der Waals surface area contributed by atoms with Crippen LogP contribution >= 0.6 is 0 Å². The molecule has 4 heteroatoms. The molecule has 0 aliphatic heterocycles. The molecule has 0 fully saturated rings. The molecule has 0 aromatic rings. The van der Waals surface area contributed by atoms with Crippen LogP contribution < -0.4 is 5.73 Å². The van der Waals surface area contributed by atoms with Gasteiger partial charge in [-0.15, -0.1) is 0 Å². The Hall–Kier alpha value is -0.610. The molecule has 2 atom stereocenters. The van der Waals surface area contributed by atoms with Crippen molar-refractivity contribution in [2.45, 2.75) is 33.2 Å². The van der Waals surface area contributed by atoms with Gasteiger partial charge >= 0.3 is 5.97 Å². The molecule has 0 heterocycles.